The van der Waals surface area contributed by atoms with Crippen molar-refractivity contribution in [3.63, 3.8) is 0 Å². The third kappa shape index (κ3) is 4.34. The van der Waals surface area contributed by atoms with E-state index in [2.05, 4.69) is 39.4 Å². The standard InChI is InChI=1S/C28H25FN4O3S/c1-27(2,35)15-33-12-18-8-22(20(17-6-7-36-13-17)9-19(18)21-10-28(21,33)3)31-25(34)23-14-37-26(32-23)16-4-5-24(29)30-11-16/h4-9,11-14,35H,10,15H2,1-3H3,(H,31,34). The first-order chi connectivity index (χ1) is 17.6. The van der Waals surface area contributed by atoms with Gasteiger partial charge in [0.2, 0.25) is 5.95 Å². The van der Waals surface area contributed by atoms with Crippen LogP contribution < -0.4 is 15.8 Å². The first-order valence-electron chi connectivity index (χ1n) is 11.9. The molecule has 1 saturated carbocycles. The highest BCUT2D eigenvalue weighted by molar-refractivity contribution is 7.13. The zero-order valence-electron chi connectivity index (χ0n) is 20.6. The van der Waals surface area contributed by atoms with E-state index in [0.717, 1.165) is 28.0 Å². The number of hydrogen-bond acceptors (Lipinski definition) is 7. The van der Waals surface area contributed by atoms with Gasteiger partial charge in [-0.25, -0.2) is 9.97 Å². The average Bonchev–Trinajstić information content (AvgIpc) is 3.23. The van der Waals surface area contributed by atoms with Crippen molar-refractivity contribution in [3.05, 3.63) is 76.5 Å². The number of carbonyl (C=O) groups is 1. The summed E-state index contributed by atoms with van der Waals surface area (Å²) in [6.07, 6.45) is 7.65. The van der Waals surface area contributed by atoms with Gasteiger partial charge in [0, 0.05) is 46.7 Å². The number of aromatic nitrogens is 2. The van der Waals surface area contributed by atoms with Crippen LogP contribution in [0.2, 0.25) is 0 Å². The summed E-state index contributed by atoms with van der Waals surface area (Å²) in [5, 5.41) is 17.9. The predicted octanol–water partition coefficient (Wildman–Crippen LogP) is 3.99. The fraction of sp³-hybridized carbons (Fsp3) is 0.250. The normalized spacial score (nSPS) is 18.2. The van der Waals surface area contributed by atoms with Crippen molar-refractivity contribution in [3.8, 4) is 21.7 Å². The molecule has 1 fully saturated rings. The topological polar surface area (TPSA) is 91.5 Å². The average molecular weight is 517 g/mol. The van der Waals surface area contributed by atoms with Crippen LogP contribution in [0.1, 0.15) is 37.7 Å². The minimum Gasteiger partial charge on any atom is -0.472 e. The molecule has 188 valence electrons. The maximum Gasteiger partial charge on any atom is 0.275 e. The number of furan rings is 1. The number of benzene rings is 1. The molecule has 1 amide bonds. The number of halogens is 1. The van der Waals surface area contributed by atoms with Crippen molar-refractivity contribution >= 4 is 34.7 Å². The van der Waals surface area contributed by atoms with E-state index in [1.54, 1.807) is 37.8 Å². The molecule has 1 aliphatic carbocycles. The second-order valence-electron chi connectivity index (χ2n) is 10.4. The third-order valence-electron chi connectivity index (χ3n) is 6.84. The van der Waals surface area contributed by atoms with Crippen LogP contribution in [0.5, 0.6) is 0 Å². The summed E-state index contributed by atoms with van der Waals surface area (Å²) in [5.74, 6) is -0.921. The highest BCUT2D eigenvalue weighted by Crippen LogP contribution is 2.50. The first-order valence-corrected chi connectivity index (χ1v) is 12.8. The van der Waals surface area contributed by atoms with Gasteiger partial charge < -0.3 is 19.7 Å². The summed E-state index contributed by atoms with van der Waals surface area (Å²) in [6.45, 7) is 6.30. The lowest BCUT2D eigenvalue weighted by atomic mass is 10.00. The molecule has 2 N–H and O–H groups in total. The quantitative estimate of drug-likeness (QED) is 0.377. The van der Waals surface area contributed by atoms with E-state index in [1.165, 1.54) is 29.2 Å². The highest BCUT2D eigenvalue weighted by atomic mass is 32.1. The minimum atomic E-state index is -0.846. The Kier molecular flexibility index (Phi) is 5.32. The van der Waals surface area contributed by atoms with Gasteiger partial charge in [0.25, 0.3) is 5.91 Å². The number of aliphatic hydroxyl groups is 1. The van der Waals surface area contributed by atoms with Crippen molar-refractivity contribution in [1.29, 1.82) is 0 Å². The molecule has 6 rings (SSSR count). The molecule has 4 heterocycles. The highest BCUT2D eigenvalue weighted by Gasteiger charge is 2.51. The summed E-state index contributed by atoms with van der Waals surface area (Å²) < 4.78 is 18.5. The molecule has 0 saturated heterocycles. The van der Waals surface area contributed by atoms with E-state index < -0.39 is 11.5 Å². The van der Waals surface area contributed by atoms with Gasteiger partial charge in [0.15, 0.2) is 0 Å². The van der Waals surface area contributed by atoms with Gasteiger partial charge in [0.1, 0.15) is 10.7 Å². The SMILES string of the molecule is CC(C)(O)CN1C=c2cc(NC(=O)c3csc(-c4ccc(F)nc4)n3)c(-c3ccoc3)cc2=C2CC21C. The second-order valence-corrected chi connectivity index (χ2v) is 11.2. The zero-order valence-corrected chi connectivity index (χ0v) is 21.4. The number of β-amino-alcohol motifs (C(OH)–C–C–N with tert-alkyl or cyclic N) is 1. The van der Waals surface area contributed by atoms with Crippen LogP contribution in [0, 0.1) is 5.95 Å². The maximum absolute atomic E-state index is 13.3. The Hall–Kier alpha value is -3.82. The van der Waals surface area contributed by atoms with Gasteiger partial charge in [-0.15, -0.1) is 11.3 Å². The Morgan fingerprint density at radius 1 is 1.30 bits per heavy atom. The fourth-order valence-electron chi connectivity index (χ4n) is 4.85. The Morgan fingerprint density at radius 2 is 2.14 bits per heavy atom. The molecule has 2 aliphatic rings. The molecule has 4 aromatic rings. The van der Waals surface area contributed by atoms with Crippen molar-refractivity contribution < 1.29 is 18.7 Å². The maximum atomic E-state index is 13.3. The summed E-state index contributed by atoms with van der Waals surface area (Å²) in [4.78, 5) is 23.6. The van der Waals surface area contributed by atoms with E-state index in [1.807, 2.05) is 12.1 Å². The largest absolute Gasteiger partial charge is 0.472 e. The Balaban J connectivity index is 1.38. The Morgan fingerprint density at radius 3 is 2.84 bits per heavy atom. The van der Waals surface area contributed by atoms with E-state index in [4.69, 9.17) is 4.42 Å². The Labute approximate surface area is 216 Å². The van der Waals surface area contributed by atoms with E-state index in [-0.39, 0.29) is 17.1 Å². The summed E-state index contributed by atoms with van der Waals surface area (Å²) in [7, 11) is 0. The molecule has 37 heavy (non-hydrogen) atoms. The van der Waals surface area contributed by atoms with E-state index >= 15 is 0 Å². The zero-order chi connectivity index (χ0) is 25.9. The van der Waals surface area contributed by atoms with Crippen LogP contribution in [0.25, 0.3) is 33.5 Å². The van der Waals surface area contributed by atoms with Gasteiger partial charge in [-0.1, -0.05) is 0 Å². The van der Waals surface area contributed by atoms with Crippen LogP contribution in [-0.4, -0.2) is 43.6 Å². The number of rotatable bonds is 6. The van der Waals surface area contributed by atoms with Gasteiger partial charge in [-0.3, -0.25) is 4.79 Å². The minimum absolute atomic E-state index is 0.113. The van der Waals surface area contributed by atoms with Crippen LogP contribution in [0.3, 0.4) is 0 Å². The molecule has 1 aromatic carbocycles. The molecule has 7 nitrogen and oxygen atoms in total. The summed E-state index contributed by atoms with van der Waals surface area (Å²) in [5.41, 5.74) is 3.60. The number of thiazole rings is 1. The number of hydrogen-bond donors (Lipinski definition) is 2. The number of carbonyl (C=O) groups excluding carboxylic acids is 1. The Bertz CT molecular complexity index is 1640. The molecule has 1 aliphatic heterocycles. The van der Waals surface area contributed by atoms with E-state index in [0.29, 0.717) is 22.8 Å². The fourth-order valence-corrected chi connectivity index (χ4v) is 5.64. The lowest BCUT2D eigenvalue weighted by Crippen LogP contribution is -2.46. The van der Waals surface area contributed by atoms with Crippen LogP contribution in [0.15, 0.2) is 58.9 Å². The molecule has 0 radical (unpaired) electrons. The second kappa shape index (κ2) is 8.36. The van der Waals surface area contributed by atoms with Crippen molar-refractivity contribution in [2.45, 2.75) is 38.3 Å². The number of nitrogens with one attached hydrogen (secondary N) is 1. The van der Waals surface area contributed by atoms with Crippen molar-refractivity contribution in [2.24, 2.45) is 0 Å². The summed E-state index contributed by atoms with van der Waals surface area (Å²) in [6, 6.07) is 8.78. The lowest BCUT2D eigenvalue weighted by molar-refractivity contribution is 0.0454. The smallest absolute Gasteiger partial charge is 0.275 e. The van der Waals surface area contributed by atoms with Gasteiger partial charge in [0.05, 0.1) is 23.7 Å². The molecular formula is C28H25FN4O3S. The number of nitrogens with zero attached hydrogens (tertiary/aromatic N) is 3. The first kappa shape index (κ1) is 23.6. The molecular weight excluding hydrogens is 491 g/mol. The van der Waals surface area contributed by atoms with Gasteiger partial charge in [-0.2, -0.15) is 4.39 Å². The number of amides is 1. The molecule has 1 unspecified atom stereocenters. The summed E-state index contributed by atoms with van der Waals surface area (Å²) >= 11 is 1.29. The van der Waals surface area contributed by atoms with Gasteiger partial charge >= 0.3 is 0 Å². The van der Waals surface area contributed by atoms with Gasteiger partial charge in [-0.05, 0) is 73.5 Å². The number of anilines is 1. The lowest BCUT2D eigenvalue weighted by Gasteiger charge is -2.34. The molecule has 3 aromatic heterocycles. The molecule has 1 atom stereocenters. The van der Waals surface area contributed by atoms with Crippen LogP contribution >= 0.6 is 11.3 Å². The van der Waals surface area contributed by atoms with Crippen molar-refractivity contribution in [2.75, 3.05) is 11.9 Å². The third-order valence-corrected chi connectivity index (χ3v) is 7.73. The number of fused-ring (bicyclic) bond motifs is 2. The molecule has 0 bridgehead atoms. The van der Waals surface area contributed by atoms with E-state index in [9.17, 15) is 14.3 Å². The van der Waals surface area contributed by atoms with Crippen LogP contribution in [0.4, 0.5) is 10.1 Å². The number of pyridine rings is 1. The predicted molar refractivity (Wildman–Crippen MR) is 141 cm³/mol. The molecule has 0 spiro atoms. The monoisotopic (exact) mass is 516 g/mol. The molecule has 9 heteroatoms. The van der Waals surface area contributed by atoms with Crippen molar-refractivity contribution in [1.82, 2.24) is 14.9 Å². The van der Waals surface area contributed by atoms with Crippen LogP contribution in [-0.2, 0) is 0 Å².